The molecule has 2 N–H and O–H groups in total. The molecule has 2 heterocycles. The van der Waals surface area contributed by atoms with E-state index in [9.17, 15) is 14.0 Å². The van der Waals surface area contributed by atoms with Gasteiger partial charge in [0.15, 0.2) is 11.0 Å². The molecular formula is C10H6ClFN2O3. The summed E-state index contributed by atoms with van der Waals surface area (Å²) in [6.45, 7) is 1.46. The Kier molecular flexibility index (Phi) is 2.59. The maximum atomic E-state index is 13.6. The Morgan fingerprint density at radius 3 is 2.76 bits per heavy atom. The number of hydrogen-bond donors (Lipinski definition) is 2. The fourth-order valence-electron chi connectivity index (χ4n) is 1.65. The summed E-state index contributed by atoms with van der Waals surface area (Å²) in [4.78, 5) is 28.3. The predicted octanol–water partition coefficient (Wildman–Crippen LogP) is 1.93. The van der Waals surface area contributed by atoms with Gasteiger partial charge in [-0.3, -0.25) is 4.79 Å². The van der Waals surface area contributed by atoms with E-state index in [0.717, 1.165) is 6.20 Å². The van der Waals surface area contributed by atoms with Crippen molar-refractivity contribution >= 4 is 34.3 Å². The lowest BCUT2D eigenvalue weighted by Crippen LogP contribution is -2.13. The highest BCUT2D eigenvalue weighted by Crippen LogP contribution is 2.29. The number of carbonyl (C=O) groups is 2. The largest absolute Gasteiger partial charge is 0.475 e. The number of nitrogens with one attached hydrogen (secondary N) is 1. The maximum absolute atomic E-state index is 13.6. The molecule has 0 spiro atoms. The third-order valence-electron chi connectivity index (χ3n) is 2.35. The summed E-state index contributed by atoms with van der Waals surface area (Å²) in [5.41, 5.74) is 0.129. The van der Waals surface area contributed by atoms with Crippen LogP contribution in [0.25, 0.3) is 10.9 Å². The Bertz CT molecular complexity index is 651. The van der Waals surface area contributed by atoms with Crippen molar-refractivity contribution in [1.82, 2.24) is 9.97 Å². The number of aromatic nitrogens is 2. The number of Topliss-reactive ketones (excluding diaryl/α,β-unsaturated/α-hetero) is 1. The molecule has 0 aliphatic heterocycles. The van der Waals surface area contributed by atoms with Gasteiger partial charge in [-0.2, -0.15) is 0 Å². The summed E-state index contributed by atoms with van der Waals surface area (Å²) in [6, 6.07) is 0. The fourth-order valence-corrected chi connectivity index (χ4v) is 1.84. The number of fused-ring (bicyclic) bond motifs is 1. The van der Waals surface area contributed by atoms with Gasteiger partial charge in [-0.05, 0) is 6.92 Å². The normalized spacial score (nSPS) is 10.8. The van der Waals surface area contributed by atoms with Crippen molar-refractivity contribution in [2.75, 3.05) is 0 Å². The van der Waals surface area contributed by atoms with Gasteiger partial charge in [-0.15, -0.1) is 0 Å². The second-order valence-electron chi connectivity index (χ2n) is 3.41. The van der Waals surface area contributed by atoms with Gasteiger partial charge in [0.05, 0.1) is 22.7 Å². The number of ketones is 1. The topological polar surface area (TPSA) is 83.0 Å². The van der Waals surface area contributed by atoms with Crippen molar-refractivity contribution < 1.29 is 19.1 Å². The summed E-state index contributed by atoms with van der Waals surface area (Å²) >= 11 is 5.73. The third-order valence-corrected chi connectivity index (χ3v) is 2.63. The molecule has 5 nitrogen and oxygen atoms in total. The van der Waals surface area contributed by atoms with Crippen molar-refractivity contribution in [3.63, 3.8) is 0 Å². The number of H-pyrrole nitrogens is 1. The molecule has 88 valence electrons. The second kappa shape index (κ2) is 3.81. The van der Waals surface area contributed by atoms with E-state index in [2.05, 4.69) is 9.97 Å². The minimum Gasteiger partial charge on any atom is -0.475 e. The van der Waals surface area contributed by atoms with Crippen LogP contribution in [-0.2, 0) is 4.79 Å². The highest BCUT2D eigenvalue weighted by Gasteiger charge is 2.25. The van der Waals surface area contributed by atoms with Gasteiger partial charge in [-0.25, -0.2) is 14.2 Å². The van der Waals surface area contributed by atoms with Crippen molar-refractivity contribution in [3.8, 4) is 0 Å². The van der Waals surface area contributed by atoms with Crippen LogP contribution in [0.15, 0.2) is 6.20 Å². The van der Waals surface area contributed by atoms with E-state index in [4.69, 9.17) is 16.7 Å². The van der Waals surface area contributed by atoms with E-state index < -0.39 is 17.6 Å². The number of rotatable bonds is 2. The second-order valence-corrected chi connectivity index (χ2v) is 3.76. The number of nitrogens with zero attached hydrogens (tertiary/aromatic N) is 1. The first-order valence-electron chi connectivity index (χ1n) is 4.53. The molecule has 0 radical (unpaired) electrons. The summed E-state index contributed by atoms with van der Waals surface area (Å²) in [6.07, 6.45) is 0.844. The van der Waals surface area contributed by atoms with Crippen molar-refractivity contribution in [1.29, 1.82) is 0 Å². The zero-order valence-electron chi connectivity index (χ0n) is 8.54. The fraction of sp³-hybridized carbons (Fsp3) is 0.100. The Balaban J connectivity index is 2.89. The number of aliphatic carboxylic acids is 1. The lowest BCUT2D eigenvalue weighted by Gasteiger charge is -1.97. The van der Waals surface area contributed by atoms with E-state index in [1.54, 1.807) is 0 Å². The van der Waals surface area contributed by atoms with Gasteiger partial charge < -0.3 is 10.1 Å². The molecular weight excluding hydrogens is 251 g/mol. The third kappa shape index (κ3) is 1.66. The molecule has 0 saturated heterocycles. The number of aryl methyl sites for hydroxylation is 1. The van der Waals surface area contributed by atoms with Crippen LogP contribution in [0.2, 0.25) is 5.15 Å². The molecule has 0 amide bonds. The van der Waals surface area contributed by atoms with Crippen LogP contribution in [0.4, 0.5) is 4.39 Å². The quantitative estimate of drug-likeness (QED) is 0.489. The standard InChI is InChI=1S/C10H6ClFN2O3/c1-3-5(8(15)10(16)17)6-4(12)2-13-9(11)7(6)14-3/h2,14H,1H3,(H,16,17). The van der Waals surface area contributed by atoms with Crippen LogP contribution in [0.1, 0.15) is 16.1 Å². The van der Waals surface area contributed by atoms with Gasteiger partial charge in [0.1, 0.15) is 0 Å². The Morgan fingerprint density at radius 2 is 2.18 bits per heavy atom. The number of carboxylic acid groups (broad SMARTS) is 1. The number of aromatic amines is 1. The molecule has 0 unspecified atom stereocenters. The number of carboxylic acids is 1. The number of halogens is 2. The summed E-state index contributed by atoms with van der Waals surface area (Å²) in [5, 5.41) is 8.50. The number of carbonyl (C=O) groups excluding carboxylic acids is 1. The van der Waals surface area contributed by atoms with Crippen LogP contribution in [-0.4, -0.2) is 26.8 Å². The van der Waals surface area contributed by atoms with Crippen LogP contribution < -0.4 is 0 Å². The molecule has 2 aromatic rings. The first kappa shape index (κ1) is 11.5. The van der Waals surface area contributed by atoms with Crippen LogP contribution in [0.5, 0.6) is 0 Å². The van der Waals surface area contributed by atoms with E-state index in [1.807, 2.05) is 0 Å². The molecule has 2 aromatic heterocycles. The molecule has 0 aromatic carbocycles. The highest BCUT2D eigenvalue weighted by molar-refractivity contribution is 6.43. The molecule has 0 aliphatic carbocycles. The molecule has 0 bridgehead atoms. The first-order chi connectivity index (χ1) is 7.93. The average molecular weight is 257 g/mol. The van der Waals surface area contributed by atoms with Gasteiger partial charge in [-0.1, -0.05) is 11.6 Å². The minimum atomic E-state index is -1.65. The van der Waals surface area contributed by atoms with Gasteiger partial charge >= 0.3 is 5.97 Å². The SMILES string of the molecule is Cc1[nH]c2c(Cl)ncc(F)c2c1C(=O)C(=O)O. The molecule has 7 heteroatoms. The summed E-state index contributed by atoms with van der Waals surface area (Å²) < 4.78 is 13.6. The van der Waals surface area contributed by atoms with Crippen molar-refractivity contribution in [3.05, 3.63) is 28.4 Å². The number of pyridine rings is 1. The van der Waals surface area contributed by atoms with Crippen molar-refractivity contribution in [2.45, 2.75) is 6.92 Å². The van der Waals surface area contributed by atoms with E-state index in [0.29, 0.717) is 0 Å². The van der Waals surface area contributed by atoms with Crippen LogP contribution in [0, 0.1) is 12.7 Å². The average Bonchev–Trinajstić information content (AvgIpc) is 2.61. The molecule has 0 fully saturated rings. The lowest BCUT2D eigenvalue weighted by atomic mass is 10.1. The first-order valence-corrected chi connectivity index (χ1v) is 4.91. The van der Waals surface area contributed by atoms with E-state index in [-0.39, 0.29) is 27.3 Å². The highest BCUT2D eigenvalue weighted by atomic mass is 35.5. The van der Waals surface area contributed by atoms with Crippen LogP contribution in [0.3, 0.4) is 0 Å². The van der Waals surface area contributed by atoms with E-state index in [1.165, 1.54) is 6.92 Å². The van der Waals surface area contributed by atoms with Gasteiger partial charge in [0, 0.05) is 5.69 Å². The molecule has 2 rings (SSSR count). The summed E-state index contributed by atoms with van der Waals surface area (Å²) in [7, 11) is 0. The monoisotopic (exact) mass is 256 g/mol. The summed E-state index contributed by atoms with van der Waals surface area (Å²) in [5.74, 6) is -3.63. The van der Waals surface area contributed by atoms with E-state index >= 15 is 0 Å². The number of hydrogen-bond acceptors (Lipinski definition) is 3. The Morgan fingerprint density at radius 1 is 1.53 bits per heavy atom. The Labute approximate surface area is 99.2 Å². The van der Waals surface area contributed by atoms with Gasteiger partial charge in [0.2, 0.25) is 0 Å². The molecule has 0 aliphatic rings. The zero-order valence-corrected chi connectivity index (χ0v) is 9.30. The Hall–Kier alpha value is -1.95. The molecule has 17 heavy (non-hydrogen) atoms. The smallest absolute Gasteiger partial charge is 0.377 e. The predicted molar refractivity (Wildman–Crippen MR) is 57.8 cm³/mol. The van der Waals surface area contributed by atoms with Gasteiger partial charge in [0.25, 0.3) is 5.78 Å². The minimum absolute atomic E-state index is 0.0195. The molecule has 0 saturated carbocycles. The zero-order chi connectivity index (χ0) is 12.7. The molecule has 0 atom stereocenters. The van der Waals surface area contributed by atoms with Crippen molar-refractivity contribution in [2.24, 2.45) is 0 Å². The lowest BCUT2D eigenvalue weighted by molar-refractivity contribution is -0.131. The maximum Gasteiger partial charge on any atom is 0.377 e. The van der Waals surface area contributed by atoms with Crippen LogP contribution >= 0.6 is 11.6 Å².